The first-order valence-electron chi connectivity index (χ1n) is 6.24. The third kappa shape index (κ3) is 3.31. The number of halogens is 1. The number of anilines is 2. The second kappa shape index (κ2) is 6.14. The molecule has 0 fully saturated rings. The molecule has 0 saturated heterocycles. The van der Waals surface area contributed by atoms with Crippen LogP contribution in [-0.2, 0) is 0 Å². The summed E-state index contributed by atoms with van der Waals surface area (Å²) in [6, 6.07) is 2.70. The number of hydrogen-bond donors (Lipinski definition) is 2. The van der Waals surface area contributed by atoms with Gasteiger partial charge in [-0.3, -0.25) is 10.1 Å². The molecule has 2 aromatic rings. The van der Waals surface area contributed by atoms with Gasteiger partial charge in [0.15, 0.2) is 0 Å². The molecule has 0 aliphatic carbocycles. The molecule has 1 amide bonds. The van der Waals surface area contributed by atoms with Crippen molar-refractivity contribution in [3.63, 3.8) is 0 Å². The highest BCUT2D eigenvalue weighted by Crippen LogP contribution is 2.17. The summed E-state index contributed by atoms with van der Waals surface area (Å²) in [5.74, 6) is -0.544. The Hall–Kier alpha value is -2.44. The number of aryl methyl sites for hydroxylation is 1. The van der Waals surface area contributed by atoms with E-state index >= 15 is 0 Å². The lowest BCUT2D eigenvalue weighted by atomic mass is 10.2. The zero-order valence-corrected chi connectivity index (χ0v) is 11.2. The maximum Gasteiger partial charge on any atom is 0.261 e. The van der Waals surface area contributed by atoms with Gasteiger partial charge in [0, 0.05) is 12.6 Å². The SMILES string of the molecule is CCCNc1ncc(F)cc1C(=O)Nc1cc(C)no1. The Morgan fingerprint density at radius 1 is 1.45 bits per heavy atom. The molecule has 0 unspecified atom stereocenters. The summed E-state index contributed by atoms with van der Waals surface area (Å²) in [5, 5.41) is 9.14. The van der Waals surface area contributed by atoms with Gasteiger partial charge in [-0.15, -0.1) is 0 Å². The number of carbonyl (C=O) groups is 1. The number of nitrogens with one attached hydrogen (secondary N) is 2. The highest BCUT2D eigenvalue weighted by molar-refractivity contribution is 6.06. The Bertz CT molecular complexity index is 612. The molecule has 20 heavy (non-hydrogen) atoms. The summed E-state index contributed by atoms with van der Waals surface area (Å²) in [6.45, 7) is 4.35. The molecular formula is C13H15FN4O2. The smallest absolute Gasteiger partial charge is 0.261 e. The number of pyridine rings is 1. The minimum absolute atomic E-state index is 0.118. The van der Waals surface area contributed by atoms with Crippen LogP contribution in [0.2, 0.25) is 0 Å². The van der Waals surface area contributed by atoms with Crippen LogP contribution >= 0.6 is 0 Å². The number of aromatic nitrogens is 2. The molecule has 0 spiro atoms. The largest absolute Gasteiger partial charge is 0.369 e. The normalized spacial score (nSPS) is 10.3. The van der Waals surface area contributed by atoms with Crippen LogP contribution in [0.1, 0.15) is 29.4 Å². The standard InChI is InChI=1S/C13H15FN4O2/c1-3-4-15-12-10(6-9(14)7-16-12)13(19)17-11-5-8(2)18-20-11/h5-7H,3-4H2,1-2H3,(H,15,16)(H,17,19). The van der Waals surface area contributed by atoms with Crippen LogP contribution < -0.4 is 10.6 Å². The third-order valence-corrected chi connectivity index (χ3v) is 2.51. The van der Waals surface area contributed by atoms with Gasteiger partial charge in [0.2, 0.25) is 5.88 Å². The molecule has 2 heterocycles. The second-order valence-corrected chi connectivity index (χ2v) is 4.26. The lowest BCUT2D eigenvalue weighted by Crippen LogP contribution is -2.16. The Morgan fingerprint density at radius 3 is 2.90 bits per heavy atom. The minimum atomic E-state index is -0.578. The molecule has 7 heteroatoms. The number of hydrogen-bond acceptors (Lipinski definition) is 5. The van der Waals surface area contributed by atoms with Crippen LogP contribution in [0.25, 0.3) is 0 Å². The van der Waals surface area contributed by atoms with E-state index in [4.69, 9.17) is 4.52 Å². The first kappa shape index (κ1) is 14.0. The highest BCUT2D eigenvalue weighted by Gasteiger charge is 2.15. The van der Waals surface area contributed by atoms with E-state index in [2.05, 4.69) is 20.8 Å². The molecule has 106 valence electrons. The monoisotopic (exact) mass is 278 g/mol. The van der Waals surface area contributed by atoms with Crippen molar-refractivity contribution >= 4 is 17.6 Å². The highest BCUT2D eigenvalue weighted by atomic mass is 19.1. The maximum absolute atomic E-state index is 13.3. The van der Waals surface area contributed by atoms with Crippen molar-refractivity contribution in [2.75, 3.05) is 17.2 Å². The van der Waals surface area contributed by atoms with Crippen molar-refractivity contribution in [3.8, 4) is 0 Å². The number of carbonyl (C=O) groups excluding carboxylic acids is 1. The Labute approximate surface area is 115 Å². The van der Waals surface area contributed by atoms with Gasteiger partial charge >= 0.3 is 0 Å². The molecule has 0 atom stereocenters. The van der Waals surface area contributed by atoms with Crippen LogP contribution in [0.4, 0.5) is 16.1 Å². The van der Waals surface area contributed by atoms with Gasteiger partial charge in [0.1, 0.15) is 11.6 Å². The van der Waals surface area contributed by atoms with E-state index in [1.54, 1.807) is 13.0 Å². The van der Waals surface area contributed by atoms with E-state index in [1.807, 2.05) is 6.92 Å². The zero-order chi connectivity index (χ0) is 14.5. The molecule has 0 saturated carbocycles. The van der Waals surface area contributed by atoms with Crippen LogP contribution in [0.3, 0.4) is 0 Å². The van der Waals surface area contributed by atoms with E-state index in [0.717, 1.165) is 18.7 Å². The number of amides is 1. The van der Waals surface area contributed by atoms with E-state index in [9.17, 15) is 9.18 Å². The summed E-state index contributed by atoms with van der Waals surface area (Å²) < 4.78 is 18.2. The molecule has 0 bridgehead atoms. The van der Waals surface area contributed by atoms with Crippen LogP contribution in [0, 0.1) is 12.7 Å². The van der Waals surface area contributed by atoms with Gasteiger partial charge in [-0.2, -0.15) is 0 Å². The predicted molar refractivity (Wildman–Crippen MR) is 72.2 cm³/mol. The molecule has 0 radical (unpaired) electrons. The Balaban J connectivity index is 2.21. The fourth-order valence-electron chi connectivity index (χ4n) is 1.60. The summed E-state index contributed by atoms with van der Waals surface area (Å²) in [7, 11) is 0. The minimum Gasteiger partial charge on any atom is -0.369 e. The van der Waals surface area contributed by atoms with Gasteiger partial charge in [-0.05, 0) is 19.4 Å². The summed E-state index contributed by atoms with van der Waals surface area (Å²) in [4.78, 5) is 16.0. The average molecular weight is 278 g/mol. The Kier molecular flexibility index (Phi) is 4.29. The first-order valence-corrected chi connectivity index (χ1v) is 6.24. The Morgan fingerprint density at radius 2 is 2.25 bits per heavy atom. The fraction of sp³-hybridized carbons (Fsp3) is 0.308. The van der Waals surface area contributed by atoms with E-state index in [0.29, 0.717) is 18.1 Å². The molecule has 0 aliphatic heterocycles. The van der Waals surface area contributed by atoms with Crippen molar-refractivity contribution in [3.05, 3.63) is 35.4 Å². The molecule has 6 nitrogen and oxygen atoms in total. The topological polar surface area (TPSA) is 80.0 Å². The number of nitrogens with zero attached hydrogens (tertiary/aromatic N) is 2. The molecule has 2 N–H and O–H groups in total. The van der Waals surface area contributed by atoms with E-state index in [1.165, 1.54) is 0 Å². The summed E-state index contributed by atoms with van der Waals surface area (Å²) in [6.07, 6.45) is 1.93. The lowest BCUT2D eigenvalue weighted by molar-refractivity contribution is 0.102. The first-order chi connectivity index (χ1) is 9.60. The van der Waals surface area contributed by atoms with Gasteiger partial charge < -0.3 is 9.84 Å². The predicted octanol–water partition coefficient (Wildman–Crippen LogP) is 2.59. The van der Waals surface area contributed by atoms with Gasteiger partial charge in [-0.25, -0.2) is 9.37 Å². The molecular weight excluding hydrogens is 263 g/mol. The van der Waals surface area contributed by atoms with Crippen LogP contribution in [0.5, 0.6) is 0 Å². The van der Waals surface area contributed by atoms with Crippen molar-refractivity contribution in [2.45, 2.75) is 20.3 Å². The van der Waals surface area contributed by atoms with Crippen molar-refractivity contribution in [1.82, 2.24) is 10.1 Å². The molecule has 0 aliphatic rings. The fourth-order valence-corrected chi connectivity index (χ4v) is 1.60. The maximum atomic E-state index is 13.3. The summed E-state index contributed by atoms with van der Waals surface area (Å²) >= 11 is 0. The van der Waals surface area contributed by atoms with Crippen LogP contribution in [0.15, 0.2) is 22.9 Å². The number of rotatable bonds is 5. The molecule has 2 aromatic heterocycles. The lowest BCUT2D eigenvalue weighted by Gasteiger charge is -2.09. The van der Waals surface area contributed by atoms with Gasteiger partial charge in [0.05, 0.1) is 17.5 Å². The van der Waals surface area contributed by atoms with Gasteiger partial charge in [-0.1, -0.05) is 12.1 Å². The van der Waals surface area contributed by atoms with Crippen molar-refractivity contribution < 1.29 is 13.7 Å². The van der Waals surface area contributed by atoms with Gasteiger partial charge in [0.25, 0.3) is 5.91 Å². The quantitative estimate of drug-likeness (QED) is 0.878. The molecule has 0 aromatic carbocycles. The van der Waals surface area contributed by atoms with Crippen molar-refractivity contribution in [1.29, 1.82) is 0 Å². The van der Waals surface area contributed by atoms with Crippen molar-refractivity contribution in [2.24, 2.45) is 0 Å². The van der Waals surface area contributed by atoms with E-state index < -0.39 is 11.7 Å². The van der Waals surface area contributed by atoms with E-state index in [-0.39, 0.29) is 11.4 Å². The average Bonchev–Trinajstić information content (AvgIpc) is 2.82. The third-order valence-electron chi connectivity index (χ3n) is 2.51. The second-order valence-electron chi connectivity index (χ2n) is 4.26. The molecule has 2 rings (SSSR count). The van der Waals surface area contributed by atoms with Crippen LogP contribution in [-0.4, -0.2) is 22.6 Å². The summed E-state index contributed by atoms with van der Waals surface area (Å²) in [5.41, 5.74) is 0.759. The zero-order valence-electron chi connectivity index (χ0n) is 11.2.